The first-order valence-electron chi connectivity index (χ1n) is 6.79. The monoisotopic (exact) mass is 250 g/mol. The number of hydrogen-bond acceptors (Lipinski definition) is 1. The fraction of sp³-hybridized carbons (Fsp3) is 0.600. The van der Waals surface area contributed by atoms with E-state index in [0.717, 1.165) is 17.9 Å². The molecule has 3 aliphatic rings. The highest BCUT2D eigenvalue weighted by atomic mass is 19.1. The molecule has 4 rings (SSSR count). The molecule has 0 saturated heterocycles. The molecule has 1 nitrogen and oxygen atoms in total. The zero-order valence-corrected chi connectivity index (χ0v) is 10.0. The first-order chi connectivity index (χ1) is 8.65. The molecule has 1 N–H and O–H groups in total. The second-order valence-electron chi connectivity index (χ2n) is 6.21. The lowest BCUT2D eigenvalue weighted by atomic mass is 9.95. The van der Waals surface area contributed by atoms with Gasteiger partial charge < -0.3 is 5.11 Å². The van der Waals surface area contributed by atoms with Crippen molar-refractivity contribution in [3.05, 3.63) is 35.4 Å². The molecule has 3 aliphatic carbocycles. The Morgan fingerprint density at radius 3 is 2.11 bits per heavy atom. The van der Waals surface area contributed by atoms with Gasteiger partial charge in [-0.15, -0.1) is 0 Å². The number of aliphatic hydroxyl groups excluding tert-OH is 1. The van der Waals surface area contributed by atoms with Crippen LogP contribution < -0.4 is 0 Å². The summed E-state index contributed by atoms with van der Waals surface area (Å²) in [4.78, 5) is 0. The molecule has 0 amide bonds. The minimum atomic E-state index is -0.686. The summed E-state index contributed by atoms with van der Waals surface area (Å²) in [6.07, 6.45) is 3.20. The quantitative estimate of drug-likeness (QED) is 0.854. The topological polar surface area (TPSA) is 20.2 Å². The van der Waals surface area contributed by atoms with Crippen LogP contribution in [0.4, 0.5) is 8.78 Å². The van der Waals surface area contributed by atoms with Gasteiger partial charge in [-0.1, -0.05) is 0 Å². The van der Waals surface area contributed by atoms with Gasteiger partial charge in [0.1, 0.15) is 11.6 Å². The van der Waals surface area contributed by atoms with E-state index in [1.165, 1.54) is 31.4 Å². The fourth-order valence-corrected chi connectivity index (χ4v) is 4.78. The van der Waals surface area contributed by atoms with E-state index in [4.69, 9.17) is 0 Å². The highest BCUT2D eigenvalue weighted by Gasteiger charge is 2.66. The predicted octanol–water partition coefficient (Wildman–Crippen LogP) is 3.29. The van der Waals surface area contributed by atoms with E-state index in [1.807, 2.05) is 0 Å². The van der Waals surface area contributed by atoms with E-state index in [2.05, 4.69) is 0 Å². The fourth-order valence-electron chi connectivity index (χ4n) is 4.78. The third-order valence-corrected chi connectivity index (χ3v) is 5.39. The van der Waals surface area contributed by atoms with E-state index in [1.54, 1.807) is 0 Å². The Labute approximate surface area is 105 Å². The first kappa shape index (κ1) is 10.9. The molecule has 0 aromatic heterocycles. The SMILES string of the molecule is OC(c1cc(F)cc(F)c1)C1C2C3CCC(C3)C21. The van der Waals surface area contributed by atoms with Crippen molar-refractivity contribution < 1.29 is 13.9 Å². The summed E-state index contributed by atoms with van der Waals surface area (Å²) in [5.41, 5.74) is 0.409. The summed E-state index contributed by atoms with van der Waals surface area (Å²) < 4.78 is 26.4. The van der Waals surface area contributed by atoms with Crippen LogP contribution >= 0.6 is 0 Å². The van der Waals surface area contributed by atoms with Crippen molar-refractivity contribution in [3.63, 3.8) is 0 Å². The molecule has 1 aromatic carbocycles. The van der Waals surface area contributed by atoms with Crippen molar-refractivity contribution in [2.45, 2.75) is 25.4 Å². The lowest BCUT2D eigenvalue weighted by Gasteiger charge is -2.15. The maximum atomic E-state index is 13.2. The number of halogens is 2. The standard InChI is InChI=1S/C15H16F2O/c16-10-4-9(5-11(17)6-10)15(18)14-12-7-1-2-8(3-7)13(12)14/h4-8,12-15,18H,1-3H2. The zero-order chi connectivity index (χ0) is 12.4. The minimum absolute atomic E-state index is 0.248. The second-order valence-corrected chi connectivity index (χ2v) is 6.21. The number of rotatable bonds is 2. The molecule has 0 aliphatic heterocycles. The second kappa shape index (κ2) is 3.53. The van der Waals surface area contributed by atoms with Crippen molar-refractivity contribution in [2.24, 2.45) is 29.6 Å². The van der Waals surface area contributed by atoms with Gasteiger partial charge in [-0.2, -0.15) is 0 Å². The first-order valence-corrected chi connectivity index (χ1v) is 6.79. The average molecular weight is 250 g/mol. The van der Waals surface area contributed by atoms with Crippen LogP contribution in [0.3, 0.4) is 0 Å². The van der Waals surface area contributed by atoms with Crippen LogP contribution in [0.2, 0.25) is 0 Å². The van der Waals surface area contributed by atoms with Crippen LogP contribution in [0.25, 0.3) is 0 Å². The third-order valence-electron chi connectivity index (χ3n) is 5.39. The van der Waals surface area contributed by atoms with Crippen LogP contribution in [0.5, 0.6) is 0 Å². The van der Waals surface area contributed by atoms with Crippen LogP contribution in [0.1, 0.15) is 30.9 Å². The Morgan fingerprint density at radius 1 is 1.00 bits per heavy atom. The van der Waals surface area contributed by atoms with Gasteiger partial charge in [0.15, 0.2) is 0 Å². The molecule has 3 fully saturated rings. The van der Waals surface area contributed by atoms with Gasteiger partial charge in [-0.05, 0) is 66.5 Å². The van der Waals surface area contributed by atoms with Crippen molar-refractivity contribution in [3.8, 4) is 0 Å². The van der Waals surface area contributed by atoms with Crippen molar-refractivity contribution >= 4 is 0 Å². The molecule has 5 unspecified atom stereocenters. The molecule has 2 bridgehead atoms. The van der Waals surface area contributed by atoms with Gasteiger partial charge >= 0.3 is 0 Å². The molecular weight excluding hydrogens is 234 g/mol. The number of hydrogen-bond donors (Lipinski definition) is 1. The molecular formula is C15H16F2O. The van der Waals surface area contributed by atoms with E-state index in [-0.39, 0.29) is 5.92 Å². The molecule has 3 heteroatoms. The van der Waals surface area contributed by atoms with Gasteiger partial charge in [-0.3, -0.25) is 0 Å². The lowest BCUT2D eigenvalue weighted by molar-refractivity contribution is 0.129. The van der Waals surface area contributed by atoms with Gasteiger partial charge in [-0.25, -0.2) is 8.78 Å². The Hall–Kier alpha value is -0.960. The van der Waals surface area contributed by atoms with Crippen molar-refractivity contribution in [1.29, 1.82) is 0 Å². The molecule has 18 heavy (non-hydrogen) atoms. The van der Waals surface area contributed by atoms with Crippen LogP contribution in [-0.4, -0.2) is 5.11 Å². The average Bonchev–Trinajstić information content (AvgIpc) is 2.74. The third kappa shape index (κ3) is 1.40. The van der Waals surface area contributed by atoms with Crippen molar-refractivity contribution in [2.75, 3.05) is 0 Å². The summed E-state index contributed by atoms with van der Waals surface area (Å²) in [5.74, 6) is 1.80. The van der Waals surface area contributed by atoms with Gasteiger partial charge in [0.25, 0.3) is 0 Å². The Bertz CT molecular complexity index is 465. The van der Waals surface area contributed by atoms with Crippen LogP contribution in [0.15, 0.2) is 18.2 Å². The molecule has 1 aromatic rings. The van der Waals surface area contributed by atoms with Gasteiger partial charge in [0.05, 0.1) is 6.10 Å². The molecule has 0 heterocycles. The normalized spacial score (nSPS) is 41.8. The number of fused-ring (bicyclic) bond motifs is 5. The zero-order valence-electron chi connectivity index (χ0n) is 10.0. The molecule has 96 valence electrons. The molecule has 3 saturated carbocycles. The van der Waals surface area contributed by atoms with Gasteiger partial charge in [0.2, 0.25) is 0 Å². The number of aliphatic hydroxyl groups is 1. The Kier molecular flexibility index (Phi) is 2.14. The van der Waals surface area contributed by atoms with Crippen molar-refractivity contribution in [1.82, 2.24) is 0 Å². The highest BCUT2D eigenvalue weighted by molar-refractivity contribution is 5.25. The molecule has 5 atom stereocenters. The molecule has 0 spiro atoms. The summed E-state index contributed by atoms with van der Waals surface area (Å²) in [6, 6.07) is 3.39. The van der Waals surface area contributed by atoms with E-state index >= 15 is 0 Å². The highest BCUT2D eigenvalue weighted by Crippen LogP contribution is 2.72. The van der Waals surface area contributed by atoms with Crippen LogP contribution in [0, 0.1) is 41.2 Å². The maximum Gasteiger partial charge on any atom is 0.126 e. The Balaban J connectivity index is 1.59. The summed E-state index contributed by atoms with van der Waals surface area (Å²) in [7, 11) is 0. The lowest BCUT2D eigenvalue weighted by Crippen LogP contribution is -2.09. The number of benzene rings is 1. The van der Waals surface area contributed by atoms with Crippen LogP contribution in [-0.2, 0) is 0 Å². The summed E-state index contributed by atoms with van der Waals surface area (Å²) in [5, 5.41) is 10.3. The summed E-state index contributed by atoms with van der Waals surface area (Å²) >= 11 is 0. The Morgan fingerprint density at radius 2 is 1.56 bits per heavy atom. The maximum absolute atomic E-state index is 13.2. The largest absolute Gasteiger partial charge is 0.388 e. The summed E-state index contributed by atoms with van der Waals surface area (Å²) in [6.45, 7) is 0. The van der Waals surface area contributed by atoms with E-state index in [0.29, 0.717) is 17.4 Å². The van der Waals surface area contributed by atoms with E-state index < -0.39 is 17.7 Å². The van der Waals surface area contributed by atoms with E-state index in [9.17, 15) is 13.9 Å². The van der Waals surface area contributed by atoms with Gasteiger partial charge in [0, 0.05) is 6.07 Å². The smallest absolute Gasteiger partial charge is 0.126 e. The minimum Gasteiger partial charge on any atom is -0.388 e. The molecule has 0 radical (unpaired) electrons. The predicted molar refractivity (Wildman–Crippen MR) is 62.6 cm³/mol.